The van der Waals surface area contributed by atoms with Crippen LogP contribution in [0.15, 0.2) is 12.7 Å². The van der Waals surface area contributed by atoms with Crippen molar-refractivity contribution in [3.05, 3.63) is 12.7 Å². The van der Waals surface area contributed by atoms with Crippen LogP contribution < -0.4 is 0 Å². The van der Waals surface area contributed by atoms with E-state index in [1.165, 1.54) is 4.90 Å². The van der Waals surface area contributed by atoms with Crippen LogP contribution in [0.25, 0.3) is 0 Å². The lowest BCUT2D eigenvalue weighted by Crippen LogP contribution is -2.48. The third-order valence-electron chi connectivity index (χ3n) is 2.90. The van der Waals surface area contributed by atoms with Crippen molar-refractivity contribution in [2.75, 3.05) is 19.6 Å². The summed E-state index contributed by atoms with van der Waals surface area (Å²) < 4.78 is 0. The van der Waals surface area contributed by atoms with E-state index in [4.69, 9.17) is 5.11 Å². The lowest BCUT2D eigenvalue weighted by molar-refractivity contribution is -0.141. The van der Waals surface area contributed by atoms with Crippen LogP contribution >= 0.6 is 0 Å². The van der Waals surface area contributed by atoms with Gasteiger partial charge in [-0.2, -0.15) is 0 Å². The number of nitrogens with zero attached hydrogens (tertiary/aromatic N) is 2. The van der Waals surface area contributed by atoms with Crippen molar-refractivity contribution in [3.8, 4) is 0 Å². The maximum Gasteiger partial charge on any atom is 0.326 e. The summed E-state index contributed by atoms with van der Waals surface area (Å²) in [5.74, 6) is -0.911. The van der Waals surface area contributed by atoms with Gasteiger partial charge in [-0.1, -0.05) is 13.0 Å². The van der Waals surface area contributed by atoms with Crippen molar-refractivity contribution in [1.82, 2.24) is 9.80 Å². The van der Waals surface area contributed by atoms with E-state index >= 15 is 0 Å². The molecule has 5 heteroatoms. The summed E-state index contributed by atoms with van der Waals surface area (Å²) in [6.07, 6.45) is 3.83. The minimum Gasteiger partial charge on any atom is -0.480 e. The number of urea groups is 1. The molecule has 1 rings (SSSR count). The van der Waals surface area contributed by atoms with Gasteiger partial charge in [-0.05, 0) is 19.3 Å². The minimum atomic E-state index is -0.911. The maximum absolute atomic E-state index is 12.2. The zero-order valence-electron chi connectivity index (χ0n) is 10.3. The van der Waals surface area contributed by atoms with Crippen molar-refractivity contribution in [1.29, 1.82) is 0 Å². The van der Waals surface area contributed by atoms with Crippen LogP contribution in [-0.4, -0.2) is 52.6 Å². The monoisotopic (exact) mass is 240 g/mol. The van der Waals surface area contributed by atoms with Gasteiger partial charge in [0.15, 0.2) is 0 Å². The standard InChI is InChI=1S/C12H20N2O3/c1-3-7-13(8-4-2)12(17)14-9-5-6-10(14)11(15)16/h3,10H,1,4-9H2,2H3,(H,15,16)/t10-/m1/s1. The Morgan fingerprint density at radius 1 is 1.59 bits per heavy atom. The van der Waals surface area contributed by atoms with Crippen LogP contribution in [0.2, 0.25) is 0 Å². The number of hydrogen-bond acceptors (Lipinski definition) is 2. The summed E-state index contributed by atoms with van der Waals surface area (Å²) in [6, 6.07) is -0.844. The Bertz CT molecular complexity index is 304. The predicted molar refractivity (Wildman–Crippen MR) is 64.8 cm³/mol. The molecule has 0 bridgehead atoms. The molecule has 2 amide bonds. The van der Waals surface area contributed by atoms with Crippen LogP contribution in [0.5, 0.6) is 0 Å². The molecule has 0 aromatic heterocycles. The highest BCUT2D eigenvalue weighted by Gasteiger charge is 2.35. The molecule has 1 atom stereocenters. The number of carbonyl (C=O) groups is 2. The second kappa shape index (κ2) is 6.27. The number of carboxylic acid groups (broad SMARTS) is 1. The van der Waals surface area contributed by atoms with E-state index in [0.717, 1.165) is 12.8 Å². The molecular formula is C12H20N2O3. The van der Waals surface area contributed by atoms with Crippen LogP contribution in [0.3, 0.4) is 0 Å². The summed E-state index contributed by atoms with van der Waals surface area (Å²) in [7, 11) is 0. The van der Waals surface area contributed by atoms with Gasteiger partial charge in [0.25, 0.3) is 0 Å². The second-order valence-corrected chi connectivity index (χ2v) is 4.21. The highest BCUT2D eigenvalue weighted by atomic mass is 16.4. The molecule has 1 saturated heterocycles. The predicted octanol–water partition coefficient (Wildman–Crippen LogP) is 1.55. The molecular weight excluding hydrogens is 220 g/mol. The van der Waals surface area contributed by atoms with Gasteiger partial charge in [-0.25, -0.2) is 9.59 Å². The molecule has 96 valence electrons. The maximum atomic E-state index is 12.2. The first kappa shape index (κ1) is 13.5. The number of carbonyl (C=O) groups excluding carboxylic acids is 1. The summed E-state index contributed by atoms with van der Waals surface area (Å²) >= 11 is 0. The fourth-order valence-electron chi connectivity index (χ4n) is 2.12. The minimum absolute atomic E-state index is 0.184. The fourth-order valence-corrected chi connectivity index (χ4v) is 2.12. The number of likely N-dealkylation sites (tertiary alicyclic amines) is 1. The molecule has 0 spiro atoms. The van der Waals surface area contributed by atoms with Gasteiger partial charge < -0.3 is 14.9 Å². The first-order chi connectivity index (χ1) is 8.11. The van der Waals surface area contributed by atoms with Gasteiger partial charge in [0.1, 0.15) is 6.04 Å². The quantitative estimate of drug-likeness (QED) is 0.742. The van der Waals surface area contributed by atoms with E-state index in [-0.39, 0.29) is 6.03 Å². The fraction of sp³-hybridized carbons (Fsp3) is 0.667. The summed E-state index contributed by atoms with van der Waals surface area (Å²) in [6.45, 7) is 7.24. The lowest BCUT2D eigenvalue weighted by atomic mass is 10.2. The van der Waals surface area contributed by atoms with E-state index in [1.807, 2.05) is 6.92 Å². The van der Waals surface area contributed by atoms with Crippen molar-refractivity contribution < 1.29 is 14.7 Å². The van der Waals surface area contributed by atoms with Crippen LogP contribution in [-0.2, 0) is 4.79 Å². The Morgan fingerprint density at radius 3 is 2.82 bits per heavy atom. The molecule has 1 aliphatic rings. The van der Waals surface area contributed by atoms with Crippen LogP contribution in [0.1, 0.15) is 26.2 Å². The SMILES string of the molecule is C=CCN(CCC)C(=O)N1CCC[C@@H]1C(=O)O. The first-order valence-corrected chi connectivity index (χ1v) is 6.01. The average Bonchev–Trinajstić information content (AvgIpc) is 2.76. The van der Waals surface area contributed by atoms with Gasteiger partial charge in [0, 0.05) is 19.6 Å². The van der Waals surface area contributed by atoms with Crippen molar-refractivity contribution in [2.45, 2.75) is 32.2 Å². The van der Waals surface area contributed by atoms with E-state index < -0.39 is 12.0 Å². The second-order valence-electron chi connectivity index (χ2n) is 4.21. The largest absolute Gasteiger partial charge is 0.480 e. The van der Waals surface area contributed by atoms with Gasteiger partial charge in [0.05, 0.1) is 0 Å². The van der Waals surface area contributed by atoms with Crippen molar-refractivity contribution in [2.24, 2.45) is 0 Å². The van der Waals surface area contributed by atoms with Gasteiger partial charge in [0.2, 0.25) is 0 Å². The van der Waals surface area contributed by atoms with Gasteiger partial charge >= 0.3 is 12.0 Å². The molecule has 1 fully saturated rings. The van der Waals surface area contributed by atoms with E-state index in [9.17, 15) is 9.59 Å². The molecule has 1 aliphatic heterocycles. The van der Waals surface area contributed by atoms with E-state index in [1.54, 1.807) is 11.0 Å². The summed E-state index contributed by atoms with van der Waals surface area (Å²) in [5.41, 5.74) is 0. The molecule has 0 saturated carbocycles. The zero-order chi connectivity index (χ0) is 12.8. The van der Waals surface area contributed by atoms with E-state index in [0.29, 0.717) is 26.1 Å². The Hall–Kier alpha value is -1.52. The van der Waals surface area contributed by atoms with E-state index in [2.05, 4.69) is 6.58 Å². The molecule has 1 heterocycles. The highest BCUT2D eigenvalue weighted by Crippen LogP contribution is 2.19. The Balaban J connectivity index is 2.71. The molecule has 1 N–H and O–H groups in total. The number of aliphatic carboxylic acids is 1. The van der Waals surface area contributed by atoms with Crippen molar-refractivity contribution >= 4 is 12.0 Å². The smallest absolute Gasteiger partial charge is 0.326 e. The Kier molecular flexibility index (Phi) is 5.00. The summed E-state index contributed by atoms with van der Waals surface area (Å²) in [5, 5.41) is 9.04. The molecule has 0 unspecified atom stereocenters. The lowest BCUT2D eigenvalue weighted by Gasteiger charge is -2.29. The third kappa shape index (κ3) is 3.22. The Labute approximate surface area is 102 Å². The number of rotatable bonds is 5. The molecule has 0 aromatic rings. The molecule has 0 radical (unpaired) electrons. The van der Waals surface area contributed by atoms with Gasteiger partial charge in [-0.3, -0.25) is 0 Å². The van der Waals surface area contributed by atoms with Crippen molar-refractivity contribution in [3.63, 3.8) is 0 Å². The third-order valence-corrected chi connectivity index (χ3v) is 2.90. The number of amides is 2. The Morgan fingerprint density at radius 2 is 2.29 bits per heavy atom. The van der Waals surface area contributed by atoms with Crippen LogP contribution in [0, 0.1) is 0 Å². The van der Waals surface area contributed by atoms with Crippen LogP contribution in [0.4, 0.5) is 4.79 Å². The molecule has 17 heavy (non-hydrogen) atoms. The number of hydrogen-bond donors (Lipinski definition) is 1. The highest BCUT2D eigenvalue weighted by molar-refractivity contribution is 5.83. The molecule has 0 aromatic carbocycles. The summed E-state index contributed by atoms with van der Waals surface area (Å²) in [4.78, 5) is 26.3. The molecule has 5 nitrogen and oxygen atoms in total. The average molecular weight is 240 g/mol. The normalized spacial score (nSPS) is 19.1. The number of carboxylic acids is 1. The molecule has 0 aliphatic carbocycles. The topological polar surface area (TPSA) is 60.9 Å². The first-order valence-electron chi connectivity index (χ1n) is 6.01. The zero-order valence-corrected chi connectivity index (χ0v) is 10.3. The van der Waals surface area contributed by atoms with Gasteiger partial charge in [-0.15, -0.1) is 6.58 Å².